The second kappa shape index (κ2) is 6.78. The Morgan fingerprint density at radius 1 is 1.16 bits per heavy atom. The zero-order valence-corrected chi connectivity index (χ0v) is 11.2. The molecule has 0 aliphatic carbocycles. The molecule has 19 heavy (non-hydrogen) atoms. The summed E-state index contributed by atoms with van der Waals surface area (Å²) < 4.78 is 7.20. The lowest BCUT2D eigenvalue weighted by Gasteiger charge is -2.08. The fourth-order valence-corrected chi connectivity index (χ4v) is 1.82. The molecule has 0 atom stereocenters. The van der Waals surface area contributed by atoms with Crippen LogP contribution in [0.15, 0.2) is 53.5 Å². The lowest BCUT2D eigenvalue weighted by molar-refractivity contribution is 0.308. The smallest absolute Gasteiger partial charge is 0.254 e. The van der Waals surface area contributed by atoms with E-state index in [4.69, 9.17) is 4.74 Å². The van der Waals surface area contributed by atoms with Crippen LogP contribution in [0.4, 0.5) is 0 Å². The summed E-state index contributed by atoms with van der Waals surface area (Å²) in [4.78, 5) is 12.0. The Labute approximate surface area is 113 Å². The van der Waals surface area contributed by atoms with E-state index in [0.717, 1.165) is 18.4 Å². The molecule has 0 fully saturated rings. The topological polar surface area (TPSA) is 31.2 Å². The summed E-state index contributed by atoms with van der Waals surface area (Å²) in [5, 5.41) is 0. The maximum absolute atomic E-state index is 12.0. The highest BCUT2D eigenvalue weighted by Gasteiger charge is 2.00. The normalized spacial score (nSPS) is 10.4. The van der Waals surface area contributed by atoms with Gasteiger partial charge in [0.2, 0.25) is 0 Å². The summed E-state index contributed by atoms with van der Waals surface area (Å²) in [6, 6.07) is 13.3. The number of hydrogen-bond acceptors (Lipinski definition) is 2. The Hall–Kier alpha value is -2.03. The van der Waals surface area contributed by atoms with Gasteiger partial charge in [-0.1, -0.05) is 43.7 Å². The van der Waals surface area contributed by atoms with Gasteiger partial charge in [0, 0.05) is 12.3 Å². The molecule has 0 N–H and O–H groups in total. The molecule has 0 amide bonds. The van der Waals surface area contributed by atoms with E-state index in [1.165, 1.54) is 0 Å². The first-order chi connectivity index (χ1) is 9.29. The predicted octanol–water partition coefficient (Wildman–Crippen LogP) is 3.08. The molecule has 0 saturated carbocycles. The van der Waals surface area contributed by atoms with Gasteiger partial charge in [0.05, 0.1) is 13.2 Å². The van der Waals surface area contributed by atoms with Crippen molar-refractivity contribution < 1.29 is 4.74 Å². The van der Waals surface area contributed by atoms with Gasteiger partial charge in [-0.2, -0.15) is 0 Å². The maximum Gasteiger partial charge on any atom is 0.254 e. The summed E-state index contributed by atoms with van der Waals surface area (Å²) in [6.45, 7) is 3.37. The van der Waals surface area contributed by atoms with Crippen LogP contribution in [-0.2, 0) is 6.54 Å². The minimum Gasteiger partial charge on any atom is -0.493 e. The molecule has 0 bridgehead atoms. The van der Waals surface area contributed by atoms with E-state index >= 15 is 0 Å². The number of nitrogens with zero attached hydrogens (tertiary/aromatic N) is 1. The second-order valence-corrected chi connectivity index (χ2v) is 4.52. The third kappa shape index (κ3) is 3.98. The molecular formula is C16H19NO2. The summed E-state index contributed by atoms with van der Waals surface area (Å²) in [5.74, 6) is 0.655. The van der Waals surface area contributed by atoms with Gasteiger partial charge in [-0.05, 0) is 18.1 Å². The molecule has 1 aromatic heterocycles. The molecule has 0 aliphatic heterocycles. The largest absolute Gasteiger partial charge is 0.493 e. The third-order valence-corrected chi connectivity index (χ3v) is 2.93. The summed E-state index contributed by atoms with van der Waals surface area (Å²) in [6.07, 6.45) is 3.88. The molecule has 1 aromatic carbocycles. The van der Waals surface area contributed by atoms with Crippen molar-refractivity contribution in [1.82, 2.24) is 4.57 Å². The van der Waals surface area contributed by atoms with E-state index in [1.807, 2.05) is 36.4 Å². The molecule has 0 unspecified atom stereocenters. The van der Waals surface area contributed by atoms with E-state index in [9.17, 15) is 4.79 Å². The fourth-order valence-electron chi connectivity index (χ4n) is 1.82. The molecule has 0 spiro atoms. The molecule has 2 aromatic rings. The lowest BCUT2D eigenvalue weighted by atomic mass is 10.2. The van der Waals surface area contributed by atoms with Crippen LogP contribution < -0.4 is 10.3 Å². The van der Waals surface area contributed by atoms with Gasteiger partial charge in [-0.25, -0.2) is 0 Å². The van der Waals surface area contributed by atoms with Gasteiger partial charge >= 0.3 is 0 Å². The quantitative estimate of drug-likeness (QED) is 0.745. The molecule has 100 valence electrons. The van der Waals surface area contributed by atoms with Crippen LogP contribution in [0.25, 0.3) is 0 Å². The zero-order valence-electron chi connectivity index (χ0n) is 11.2. The molecule has 3 heteroatoms. The van der Waals surface area contributed by atoms with Crippen molar-refractivity contribution in [3.05, 3.63) is 64.6 Å². The monoisotopic (exact) mass is 257 g/mol. The minimum absolute atomic E-state index is 0.0298. The van der Waals surface area contributed by atoms with E-state index in [0.29, 0.717) is 18.9 Å². The van der Waals surface area contributed by atoms with Gasteiger partial charge in [-0.3, -0.25) is 4.79 Å². The molecule has 0 aliphatic rings. The van der Waals surface area contributed by atoms with E-state index in [1.54, 1.807) is 16.8 Å². The highest BCUT2D eigenvalue weighted by atomic mass is 16.5. The number of hydrogen-bond donors (Lipinski definition) is 0. The Balaban J connectivity index is 2.05. The van der Waals surface area contributed by atoms with E-state index in [2.05, 4.69) is 6.92 Å². The Morgan fingerprint density at radius 3 is 2.63 bits per heavy atom. The van der Waals surface area contributed by atoms with Gasteiger partial charge < -0.3 is 9.30 Å². The summed E-state index contributed by atoms with van der Waals surface area (Å²) in [5.41, 5.74) is 1.09. The molecule has 2 rings (SSSR count). The number of unbranched alkanes of at least 4 members (excludes halogenated alkanes) is 1. The molecule has 0 radical (unpaired) electrons. The average Bonchev–Trinajstić information content (AvgIpc) is 2.43. The standard InChI is InChI=1S/C16H19NO2/c1-2-3-11-19-15-9-10-17(16(18)12-15)13-14-7-5-4-6-8-14/h4-10,12H,2-3,11,13H2,1H3. The van der Waals surface area contributed by atoms with Crippen molar-refractivity contribution in [2.45, 2.75) is 26.3 Å². The highest BCUT2D eigenvalue weighted by molar-refractivity contribution is 5.20. The van der Waals surface area contributed by atoms with Crippen molar-refractivity contribution in [1.29, 1.82) is 0 Å². The van der Waals surface area contributed by atoms with E-state index in [-0.39, 0.29) is 5.56 Å². The number of pyridine rings is 1. The van der Waals surface area contributed by atoms with E-state index < -0.39 is 0 Å². The Kier molecular flexibility index (Phi) is 4.78. The SMILES string of the molecule is CCCCOc1ccn(Cc2ccccc2)c(=O)c1. The van der Waals surface area contributed by atoms with Crippen LogP contribution >= 0.6 is 0 Å². The van der Waals surface area contributed by atoms with Crippen LogP contribution in [0.2, 0.25) is 0 Å². The number of rotatable bonds is 6. The van der Waals surface area contributed by atoms with Crippen molar-refractivity contribution >= 4 is 0 Å². The third-order valence-electron chi connectivity index (χ3n) is 2.93. The highest BCUT2D eigenvalue weighted by Crippen LogP contribution is 2.08. The first-order valence-corrected chi connectivity index (χ1v) is 6.67. The van der Waals surface area contributed by atoms with Crippen LogP contribution in [0.5, 0.6) is 5.75 Å². The Morgan fingerprint density at radius 2 is 1.95 bits per heavy atom. The average molecular weight is 257 g/mol. The van der Waals surface area contributed by atoms with Crippen molar-refractivity contribution in [2.24, 2.45) is 0 Å². The number of ether oxygens (including phenoxy) is 1. The first-order valence-electron chi connectivity index (χ1n) is 6.67. The first kappa shape index (κ1) is 13.4. The Bertz CT molecular complexity index is 560. The lowest BCUT2D eigenvalue weighted by Crippen LogP contribution is -2.19. The van der Waals surface area contributed by atoms with Crippen molar-refractivity contribution in [2.75, 3.05) is 6.61 Å². The zero-order chi connectivity index (χ0) is 13.5. The predicted molar refractivity (Wildman–Crippen MR) is 76.6 cm³/mol. The summed E-state index contributed by atoms with van der Waals surface area (Å²) in [7, 11) is 0. The van der Waals surface area contributed by atoms with Crippen LogP contribution in [0.3, 0.4) is 0 Å². The minimum atomic E-state index is -0.0298. The molecule has 3 nitrogen and oxygen atoms in total. The number of benzene rings is 1. The van der Waals surface area contributed by atoms with Gasteiger partial charge in [0.15, 0.2) is 0 Å². The van der Waals surface area contributed by atoms with Crippen molar-refractivity contribution in [3.8, 4) is 5.75 Å². The maximum atomic E-state index is 12.0. The number of aromatic nitrogens is 1. The van der Waals surface area contributed by atoms with Crippen LogP contribution in [0.1, 0.15) is 25.3 Å². The van der Waals surface area contributed by atoms with Gasteiger partial charge in [-0.15, -0.1) is 0 Å². The molecule has 0 saturated heterocycles. The van der Waals surface area contributed by atoms with Crippen LogP contribution in [0, 0.1) is 0 Å². The van der Waals surface area contributed by atoms with Gasteiger partial charge in [0.1, 0.15) is 5.75 Å². The molecular weight excluding hydrogens is 238 g/mol. The fraction of sp³-hybridized carbons (Fsp3) is 0.312. The van der Waals surface area contributed by atoms with Crippen LogP contribution in [-0.4, -0.2) is 11.2 Å². The van der Waals surface area contributed by atoms with Gasteiger partial charge in [0.25, 0.3) is 5.56 Å². The second-order valence-electron chi connectivity index (χ2n) is 4.52. The summed E-state index contributed by atoms with van der Waals surface area (Å²) >= 11 is 0. The van der Waals surface area contributed by atoms with Crippen molar-refractivity contribution in [3.63, 3.8) is 0 Å². The molecule has 1 heterocycles.